The number of nitrogens with one attached hydrogen (secondary N) is 1. The first-order valence-corrected chi connectivity index (χ1v) is 7.04. The third kappa shape index (κ3) is 4.69. The zero-order chi connectivity index (χ0) is 13.5. The van der Waals surface area contributed by atoms with Gasteiger partial charge in [-0.05, 0) is 43.5 Å². The Balaban J connectivity index is 2.58. The van der Waals surface area contributed by atoms with E-state index in [1.54, 1.807) is 0 Å². The van der Waals surface area contributed by atoms with Crippen molar-refractivity contribution in [3.8, 4) is 0 Å². The molecule has 2 heteroatoms. The van der Waals surface area contributed by atoms with Gasteiger partial charge in [-0.25, -0.2) is 0 Å². The molecule has 0 heterocycles. The minimum Gasteiger partial charge on any atom is -0.370 e. The molecule has 0 amide bonds. The van der Waals surface area contributed by atoms with Gasteiger partial charge in [-0.1, -0.05) is 32.9 Å². The van der Waals surface area contributed by atoms with E-state index in [1.807, 2.05) is 0 Å². The van der Waals surface area contributed by atoms with Crippen LogP contribution in [0, 0.1) is 12.8 Å². The predicted octanol–water partition coefficient (Wildman–Crippen LogP) is 3.46. The summed E-state index contributed by atoms with van der Waals surface area (Å²) in [5, 5.41) is 3.56. The molecule has 1 aromatic rings. The van der Waals surface area contributed by atoms with Crippen molar-refractivity contribution in [2.24, 2.45) is 5.92 Å². The van der Waals surface area contributed by atoms with E-state index in [0.717, 1.165) is 19.5 Å². The zero-order valence-electron chi connectivity index (χ0n) is 12.5. The van der Waals surface area contributed by atoms with Gasteiger partial charge in [0.1, 0.15) is 0 Å². The zero-order valence-corrected chi connectivity index (χ0v) is 12.5. The van der Waals surface area contributed by atoms with Gasteiger partial charge in [-0.3, -0.25) is 0 Å². The van der Waals surface area contributed by atoms with Crippen LogP contribution >= 0.6 is 0 Å². The number of hydrogen-bond acceptors (Lipinski definition) is 2. The lowest BCUT2D eigenvalue weighted by Crippen LogP contribution is -2.40. The van der Waals surface area contributed by atoms with Gasteiger partial charge in [-0.2, -0.15) is 0 Å². The Hall–Kier alpha value is -1.02. The Morgan fingerprint density at radius 2 is 1.94 bits per heavy atom. The van der Waals surface area contributed by atoms with E-state index >= 15 is 0 Å². The SMILES string of the molecule is CCC(CNCC(C)C)N(C)c1cccc(C)c1. The molecular weight excluding hydrogens is 220 g/mol. The molecule has 0 saturated heterocycles. The van der Waals surface area contributed by atoms with E-state index in [1.165, 1.54) is 11.3 Å². The third-order valence-corrected chi connectivity index (χ3v) is 3.36. The highest BCUT2D eigenvalue weighted by molar-refractivity contribution is 5.48. The van der Waals surface area contributed by atoms with E-state index in [4.69, 9.17) is 0 Å². The molecule has 1 atom stereocenters. The summed E-state index contributed by atoms with van der Waals surface area (Å²) in [6.07, 6.45) is 1.16. The fourth-order valence-corrected chi connectivity index (χ4v) is 2.15. The first kappa shape index (κ1) is 15.0. The normalized spacial score (nSPS) is 12.8. The first-order chi connectivity index (χ1) is 8.54. The van der Waals surface area contributed by atoms with Crippen LogP contribution in [0.5, 0.6) is 0 Å². The summed E-state index contributed by atoms with van der Waals surface area (Å²) in [5.41, 5.74) is 2.64. The van der Waals surface area contributed by atoms with E-state index in [9.17, 15) is 0 Å². The lowest BCUT2D eigenvalue weighted by atomic mass is 10.1. The number of likely N-dealkylation sites (N-methyl/N-ethyl adjacent to an activating group) is 1. The molecule has 0 spiro atoms. The van der Waals surface area contributed by atoms with Gasteiger partial charge in [0.05, 0.1) is 0 Å². The Morgan fingerprint density at radius 3 is 2.50 bits per heavy atom. The highest BCUT2D eigenvalue weighted by atomic mass is 15.2. The number of anilines is 1. The van der Waals surface area contributed by atoms with Gasteiger partial charge < -0.3 is 10.2 Å². The lowest BCUT2D eigenvalue weighted by Gasteiger charge is -2.30. The summed E-state index contributed by atoms with van der Waals surface area (Å²) >= 11 is 0. The monoisotopic (exact) mass is 248 g/mol. The lowest BCUT2D eigenvalue weighted by molar-refractivity contribution is 0.495. The van der Waals surface area contributed by atoms with Crippen molar-refractivity contribution in [1.29, 1.82) is 0 Å². The molecule has 18 heavy (non-hydrogen) atoms. The van der Waals surface area contributed by atoms with Crippen molar-refractivity contribution in [3.63, 3.8) is 0 Å². The van der Waals surface area contributed by atoms with Gasteiger partial charge in [0.25, 0.3) is 0 Å². The van der Waals surface area contributed by atoms with Crippen molar-refractivity contribution < 1.29 is 0 Å². The number of rotatable bonds is 7. The molecule has 0 saturated carbocycles. The van der Waals surface area contributed by atoms with Crippen LogP contribution in [0.1, 0.15) is 32.8 Å². The summed E-state index contributed by atoms with van der Waals surface area (Å²) in [6.45, 7) is 11.1. The van der Waals surface area contributed by atoms with Gasteiger partial charge in [0.15, 0.2) is 0 Å². The second-order valence-electron chi connectivity index (χ2n) is 5.56. The van der Waals surface area contributed by atoms with Crippen molar-refractivity contribution in [2.75, 3.05) is 25.0 Å². The smallest absolute Gasteiger partial charge is 0.0408 e. The molecule has 102 valence electrons. The molecule has 0 aliphatic heterocycles. The van der Waals surface area contributed by atoms with Gasteiger partial charge in [0, 0.05) is 25.3 Å². The molecule has 0 fully saturated rings. The average Bonchev–Trinajstić information content (AvgIpc) is 2.33. The van der Waals surface area contributed by atoms with Crippen LogP contribution in [0.3, 0.4) is 0 Å². The molecule has 1 aromatic carbocycles. The molecule has 0 aromatic heterocycles. The van der Waals surface area contributed by atoms with Crippen LogP contribution in [-0.4, -0.2) is 26.2 Å². The second kappa shape index (κ2) is 7.42. The molecule has 0 bridgehead atoms. The van der Waals surface area contributed by atoms with Crippen LogP contribution in [-0.2, 0) is 0 Å². The highest BCUT2D eigenvalue weighted by Crippen LogP contribution is 2.17. The highest BCUT2D eigenvalue weighted by Gasteiger charge is 2.13. The van der Waals surface area contributed by atoms with Crippen LogP contribution in [0.4, 0.5) is 5.69 Å². The molecule has 1 rings (SSSR count). The minimum absolute atomic E-state index is 0.561. The maximum absolute atomic E-state index is 3.56. The topological polar surface area (TPSA) is 15.3 Å². The van der Waals surface area contributed by atoms with Crippen molar-refractivity contribution >= 4 is 5.69 Å². The molecule has 1 unspecified atom stereocenters. The Labute approximate surface area is 112 Å². The second-order valence-corrected chi connectivity index (χ2v) is 5.56. The summed E-state index contributed by atoms with van der Waals surface area (Å²) in [6, 6.07) is 9.29. The van der Waals surface area contributed by atoms with E-state index < -0.39 is 0 Å². The van der Waals surface area contributed by atoms with Gasteiger partial charge in [-0.15, -0.1) is 0 Å². The van der Waals surface area contributed by atoms with E-state index in [-0.39, 0.29) is 0 Å². The van der Waals surface area contributed by atoms with Crippen LogP contribution in [0.2, 0.25) is 0 Å². The fraction of sp³-hybridized carbons (Fsp3) is 0.625. The summed E-state index contributed by atoms with van der Waals surface area (Å²) in [5.74, 6) is 0.715. The molecule has 2 nitrogen and oxygen atoms in total. The number of hydrogen-bond donors (Lipinski definition) is 1. The predicted molar refractivity (Wildman–Crippen MR) is 81.4 cm³/mol. The first-order valence-electron chi connectivity index (χ1n) is 7.04. The third-order valence-electron chi connectivity index (χ3n) is 3.36. The maximum atomic E-state index is 3.56. The van der Waals surface area contributed by atoms with Gasteiger partial charge >= 0.3 is 0 Å². The Morgan fingerprint density at radius 1 is 1.22 bits per heavy atom. The Bertz CT molecular complexity index is 347. The average molecular weight is 248 g/mol. The van der Waals surface area contributed by atoms with Crippen LogP contribution < -0.4 is 10.2 Å². The summed E-state index contributed by atoms with van der Waals surface area (Å²) in [7, 11) is 2.19. The standard InChI is InChI=1S/C16H28N2/c1-6-15(12-17-11-13(2)3)18(5)16-9-7-8-14(4)10-16/h7-10,13,15,17H,6,11-12H2,1-5H3. The van der Waals surface area contributed by atoms with Crippen LogP contribution in [0.15, 0.2) is 24.3 Å². The number of aryl methyl sites for hydroxylation is 1. The number of benzene rings is 1. The molecule has 1 N–H and O–H groups in total. The summed E-state index contributed by atoms with van der Waals surface area (Å²) in [4.78, 5) is 2.39. The molecular formula is C16H28N2. The van der Waals surface area contributed by atoms with Crippen molar-refractivity contribution in [3.05, 3.63) is 29.8 Å². The van der Waals surface area contributed by atoms with E-state index in [2.05, 4.69) is 69.2 Å². The van der Waals surface area contributed by atoms with Crippen LogP contribution in [0.25, 0.3) is 0 Å². The van der Waals surface area contributed by atoms with Crippen molar-refractivity contribution in [2.45, 2.75) is 40.2 Å². The van der Waals surface area contributed by atoms with Crippen molar-refractivity contribution in [1.82, 2.24) is 5.32 Å². The van der Waals surface area contributed by atoms with E-state index in [0.29, 0.717) is 12.0 Å². The number of nitrogens with zero attached hydrogens (tertiary/aromatic N) is 1. The summed E-state index contributed by atoms with van der Waals surface area (Å²) < 4.78 is 0. The maximum Gasteiger partial charge on any atom is 0.0408 e. The fourth-order valence-electron chi connectivity index (χ4n) is 2.15. The largest absolute Gasteiger partial charge is 0.370 e. The molecule has 0 aliphatic carbocycles. The Kier molecular flexibility index (Phi) is 6.20. The molecule has 0 aliphatic rings. The quantitative estimate of drug-likeness (QED) is 0.795. The molecule has 0 radical (unpaired) electrons. The van der Waals surface area contributed by atoms with Gasteiger partial charge in [0.2, 0.25) is 0 Å². The minimum atomic E-state index is 0.561.